The van der Waals surface area contributed by atoms with Crippen molar-refractivity contribution in [3.63, 3.8) is 0 Å². The minimum Gasteiger partial charge on any atom is -0.452 e. The van der Waals surface area contributed by atoms with Gasteiger partial charge in [0.15, 0.2) is 6.61 Å². The number of anilines is 1. The van der Waals surface area contributed by atoms with Gasteiger partial charge in [-0.1, -0.05) is 32.0 Å². The standard InChI is InChI=1S/C21H24N2O5S/c1-3-22(4-2)29(26,27)18-11-9-17(10-12-18)21(25)28-15-20(24)23-14-13-16-7-5-6-8-19(16)23/h5-12H,3-4,13-15H2,1-2H3. The molecular formula is C21H24N2O5S. The topological polar surface area (TPSA) is 84.0 Å². The van der Waals surface area contributed by atoms with E-state index in [1.807, 2.05) is 24.3 Å². The highest BCUT2D eigenvalue weighted by Crippen LogP contribution is 2.27. The Kier molecular flexibility index (Phi) is 6.34. The molecule has 8 heteroatoms. The summed E-state index contributed by atoms with van der Waals surface area (Å²) in [4.78, 5) is 26.4. The van der Waals surface area contributed by atoms with Crippen molar-refractivity contribution in [3.8, 4) is 0 Å². The third-order valence-electron chi connectivity index (χ3n) is 4.95. The first-order valence-corrected chi connectivity index (χ1v) is 11.0. The Bertz CT molecular complexity index is 998. The number of fused-ring (bicyclic) bond motifs is 1. The van der Waals surface area contributed by atoms with Gasteiger partial charge in [-0.15, -0.1) is 0 Å². The molecular weight excluding hydrogens is 392 g/mol. The van der Waals surface area contributed by atoms with Gasteiger partial charge in [-0.05, 0) is 42.3 Å². The molecule has 0 spiro atoms. The molecule has 0 bridgehead atoms. The lowest BCUT2D eigenvalue weighted by atomic mass is 10.2. The van der Waals surface area contributed by atoms with Gasteiger partial charge in [0.2, 0.25) is 10.0 Å². The molecule has 0 N–H and O–H groups in total. The van der Waals surface area contributed by atoms with Gasteiger partial charge in [-0.3, -0.25) is 4.79 Å². The predicted octanol–water partition coefficient (Wildman–Crippen LogP) is 2.46. The van der Waals surface area contributed by atoms with E-state index in [4.69, 9.17) is 4.74 Å². The highest BCUT2D eigenvalue weighted by atomic mass is 32.2. The van der Waals surface area contributed by atoms with Gasteiger partial charge in [0.05, 0.1) is 10.5 Å². The maximum atomic E-state index is 12.5. The summed E-state index contributed by atoms with van der Waals surface area (Å²) in [6.07, 6.45) is 0.776. The monoisotopic (exact) mass is 416 g/mol. The van der Waals surface area contributed by atoms with Crippen LogP contribution < -0.4 is 4.90 Å². The third kappa shape index (κ3) is 4.33. The molecule has 1 amide bonds. The van der Waals surface area contributed by atoms with Crippen LogP contribution in [0.3, 0.4) is 0 Å². The summed E-state index contributed by atoms with van der Waals surface area (Å²) in [5.74, 6) is -0.957. The average molecular weight is 416 g/mol. The summed E-state index contributed by atoms with van der Waals surface area (Å²) in [7, 11) is -3.59. The zero-order chi connectivity index (χ0) is 21.0. The van der Waals surface area contributed by atoms with Gasteiger partial charge in [-0.2, -0.15) is 4.31 Å². The quantitative estimate of drug-likeness (QED) is 0.648. The molecule has 7 nitrogen and oxygen atoms in total. The van der Waals surface area contributed by atoms with Gasteiger partial charge in [-0.25, -0.2) is 13.2 Å². The molecule has 0 saturated carbocycles. The Morgan fingerprint density at radius 1 is 1.03 bits per heavy atom. The van der Waals surface area contributed by atoms with E-state index in [1.165, 1.54) is 28.6 Å². The number of esters is 1. The lowest BCUT2D eigenvalue weighted by molar-refractivity contribution is -0.121. The number of carbonyl (C=O) groups is 2. The van der Waals surface area contributed by atoms with E-state index in [2.05, 4.69) is 0 Å². The maximum Gasteiger partial charge on any atom is 0.338 e. The number of sulfonamides is 1. The van der Waals surface area contributed by atoms with Crippen molar-refractivity contribution in [2.75, 3.05) is 31.1 Å². The Labute approximate surface area is 170 Å². The third-order valence-corrected chi connectivity index (χ3v) is 7.01. The number of benzene rings is 2. The Morgan fingerprint density at radius 2 is 1.69 bits per heavy atom. The number of hydrogen-bond donors (Lipinski definition) is 0. The number of para-hydroxylation sites is 1. The second kappa shape index (κ2) is 8.75. The molecule has 0 aromatic heterocycles. The molecule has 0 atom stereocenters. The van der Waals surface area contributed by atoms with E-state index in [0.717, 1.165) is 17.7 Å². The summed E-state index contributed by atoms with van der Waals surface area (Å²) in [5, 5.41) is 0. The minimum atomic E-state index is -3.59. The van der Waals surface area contributed by atoms with E-state index in [1.54, 1.807) is 18.7 Å². The van der Waals surface area contributed by atoms with Crippen LogP contribution in [-0.4, -0.2) is 50.8 Å². The van der Waals surface area contributed by atoms with Crippen molar-refractivity contribution in [3.05, 3.63) is 59.7 Å². The van der Waals surface area contributed by atoms with Crippen LogP contribution in [0.5, 0.6) is 0 Å². The first-order chi connectivity index (χ1) is 13.9. The zero-order valence-electron chi connectivity index (χ0n) is 16.5. The van der Waals surface area contributed by atoms with E-state index in [0.29, 0.717) is 19.6 Å². The van der Waals surface area contributed by atoms with Crippen LogP contribution in [0.15, 0.2) is 53.4 Å². The van der Waals surface area contributed by atoms with Gasteiger partial charge in [0.25, 0.3) is 5.91 Å². The van der Waals surface area contributed by atoms with Gasteiger partial charge < -0.3 is 9.64 Å². The number of nitrogens with zero attached hydrogens (tertiary/aromatic N) is 2. The molecule has 0 unspecified atom stereocenters. The predicted molar refractivity (Wildman–Crippen MR) is 109 cm³/mol. The highest BCUT2D eigenvalue weighted by molar-refractivity contribution is 7.89. The van der Waals surface area contributed by atoms with E-state index in [-0.39, 0.29) is 23.0 Å². The summed E-state index contributed by atoms with van der Waals surface area (Å²) in [5.41, 5.74) is 2.13. The van der Waals surface area contributed by atoms with Crippen molar-refractivity contribution < 1.29 is 22.7 Å². The fourth-order valence-electron chi connectivity index (χ4n) is 3.36. The van der Waals surface area contributed by atoms with Crippen molar-refractivity contribution in [2.45, 2.75) is 25.2 Å². The second-order valence-electron chi connectivity index (χ2n) is 6.61. The van der Waals surface area contributed by atoms with Crippen molar-refractivity contribution in [1.82, 2.24) is 4.31 Å². The molecule has 2 aromatic carbocycles. The second-order valence-corrected chi connectivity index (χ2v) is 8.55. The maximum absolute atomic E-state index is 12.5. The fourth-order valence-corrected chi connectivity index (χ4v) is 4.82. The van der Waals surface area contributed by atoms with Crippen LogP contribution in [0.25, 0.3) is 0 Å². The van der Waals surface area contributed by atoms with Crippen LogP contribution in [0, 0.1) is 0 Å². The molecule has 0 saturated heterocycles. The molecule has 29 heavy (non-hydrogen) atoms. The first kappa shape index (κ1) is 21.0. The van der Waals surface area contributed by atoms with Crippen molar-refractivity contribution in [2.24, 2.45) is 0 Å². The fraction of sp³-hybridized carbons (Fsp3) is 0.333. The summed E-state index contributed by atoms with van der Waals surface area (Å²) in [6.45, 7) is 4.46. The van der Waals surface area contributed by atoms with E-state index < -0.39 is 16.0 Å². The number of carbonyl (C=O) groups excluding carboxylic acids is 2. The highest BCUT2D eigenvalue weighted by Gasteiger charge is 2.25. The lowest BCUT2D eigenvalue weighted by Crippen LogP contribution is -2.33. The van der Waals surface area contributed by atoms with Crippen LogP contribution in [0.2, 0.25) is 0 Å². The molecule has 0 aliphatic carbocycles. The SMILES string of the molecule is CCN(CC)S(=O)(=O)c1ccc(C(=O)OCC(=O)N2CCc3ccccc32)cc1. The average Bonchev–Trinajstić information content (AvgIpc) is 3.17. The molecule has 0 fully saturated rings. The van der Waals surface area contributed by atoms with Crippen LogP contribution in [-0.2, 0) is 26.0 Å². The Hall–Kier alpha value is -2.71. The molecule has 1 heterocycles. The van der Waals surface area contributed by atoms with E-state index in [9.17, 15) is 18.0 Å². The van der Waals surface area contributed by atoms with Gasteiger partial charge in [0.1, 0.15) is 0 Å². The summed E-state index contributed by atoms with van der Waals surface area (Å²) >= 11 is 0. The number of rotatable bonds is 7. The molecule has 1 aliphatic rings. The van der Waals surface area contributed by atoms with Crippen molar-refractivity contribution in [1.29, 1.82) is 0 Å². The Morgan fingerprint density at radius 3 is 2.34 bits per heavy atom. The summed E-state index contributed by atoms with van der Waals surface area (Å²) in [6, 6.07) is 13.2. The minimum absolute atomic E-state index is 0.113. The largest absolute Gasteiger partial charge is 0.452 e. The zero-order valence-corrected chi connectivity index (χ0v) is 17.3. The van der Waals surface area contributed by atoms with E-state index >= 15 is 0 Å². The molecule has 1 aliphatic heterocycles. The number of ether oxygens (including phenoxy) is 1. The van der Waals surface area contributed by atoms with Gasteiger partial charge in [0, 0.05) is 25.3 Å². The lowest BCUT2D eigenvalue weighted by Gasteiger charge is -2.18. The molecule has 154 valence electrons. The summed E-state index contributed by atoms with van der Waals surface area (Å²) < 4.78 is 31.5. The van der Waals surface area contributed by atoms with Crippen LogP contribution in [0.1, 0.15) is 29.8 Å². The smallest absolute Gasteiger partial charge is 0.338 e. The van der Waals surface area contributed by atoms with Crippen LogP contribution in [0.4, 0.5) is 5.69 Å². The Balaban J connectivity index is 1.62. The normalized spacial score (nSPS) is 13.4. The van der Waals surface area contributed by atoms with Gasteiger partial charge >= 0.3 is 5.97 Å². The molecule has 3 rings (SSSR count). The number of hydrogen-bond acceptors (Lipinski definition) is 5. The number of amides is 1. The first-order valence-electron chi connectivity index (χ1n) is 9.54. The van der Waals surface area contributed by atoms with Crippen molar-refractivity contribution >= 4 is 27.6 Å². The molecule has 2 aromatic rings. The molecule has 0 radical (unpaired) electrons. The van der Waals surface area contributed by atoms with Crippen LogP contribution >= 0.6 is 0 Å².